The van der Waals surface area contributed by atoms with Gasteiger partial charge in [0.15, 0.2) is 0 Å². The van der Waals surface area contributed by atoms with Gasteiger partial charge in [0.05, 0.1) is 17.7 Å². The van der Waals surface area contributed by atoms with Crippen LogP contribution >= 0.6 is 11.3 Å². The van der Waals surface area contributed by atoms with Gasteiger partial charge in [-0.2, -0.15) is 10.4 Å². The number of nitriles is 1. The minimum absolute atomic E-state index is 0.447. The van der Waals surface area contributed by atoms with Crippen LogP contribution in [0.15, 0.2) is 29.3 Å². The van der Waals surface area contributed by atoms with Crippen LogP contribution in [0.4, 0.5) is 0 Å². The van der Waals surface area contributed by atoms with E-state index in [0.717, 1.165) is 15.4 Å². The SMILES string of the molecule is Cn1nc(-c2ccc(C#N)cc2)s/c1=N/C1CCCCCC1. The van der Waals surface area contributed by atoms with Gasteiger partial charge in [0.1, 0.15) is 5.01 Å². The van der Waals surface area contributed by atoms with Crippen molar-refractivity contribution in [2.24, 2.45) is 12.0 Å². The second-order valence-electron chi connectivity index (χ2n) is 5.78. The van der Waals surface area contributed by atoms with E-state index in [0.29, 0.717) is 11.6 Å². The van der Waals surface area contributed by atoms with Crippen LogP contribution in [0.3, 0.4) is 0 Å². The van der Waals surface area contributed by atoms with E-state index in [1.165, 1.54) is 38.5 Å². The molecule has 114 valence electrons. The van der Waals surface area contributed by atoms with Crippen molar-refractivity contribution in [2.45, 2.75) is 44.6 Å². The molecule has 0 amide bonds. The molecule has 0 bridgehead atoms. The molecule has 1 heterocycles. The predicted molar refractivity (Wildman–Crippen MR) is 88.3 cm³/mol. The Hall–Kier alpha value is -1.93. The highest BCUT2D eigenvalue weighted by Gasteiger charge is 2.12. The first kappa shape index (κ1) is 15.0. The zero-order valence-electron chi connectivity index (χ0n) is 12.8. The van der Waals surface area contributed by atoms with E-state index in [-0.39, 0.29) is 0 Å². The smallest absolute Gasteiger partial charge is 0.203 e. The maximum Gasteiger partial charge on any atom is 0.203 e. The molecule has 1 fully saturated rings. The van der Waals surface area contributed by atoms with E-state index in [2.05, 4.69) is 11.2 Å². The third-order valence-corrected chi connectivity index (χ3v) is 5.15. The summed E-state index contributed by atoms with van der Waals surface area (Å²) >= 11 is 1.63. The maximum absolute atomic E-state index is 8.87. The first-order chi connectivity index (χ1) is 10.8. The number of aromatic nitrogens is 2. The van der Waals surface area contributed by atoms with Crippen LogP contribution in [0.1, 0.15) is 44.1 Å². The highest BCUT2D eigenvalue weighted by atomic mass is 32.1. The molecule has 1 aliphatic carbocycles. The van der Waals surface area contributed by atoms with Gasteiger partial charge in [-0.3, -0.25) is 4.99 Å². The summed E-state index contributed by atoms with van der Waals surface area (Å²) in [5.41, 5.74) is 1.72. The lowest BCUT2D eigenvalue weighted by molar-refractivity contribution is 0.561. The molecular weight excluding hydrogens is 292 g/mol. The Morgan fingerprint density at radius 3 is 2.50 bits per heavy atom. The van der Waals surface area contributed by atoms with Crippen molar-refractivity contribution in [1.29, 1.82) is 5.26 Å². The Kier molecular flexibility index (Phi) is 4.69. The molecule has 0 saturated heterocycles. The summed E-state index contributed by atoms with van der Waals surface area (Å²) in [6.07, 6.45) is 7.67. The molecule has 4 nitrogen and oxygen atoms in total. The number of benzene rings is 1. The Balaban J connectivity index is 1.87. The molecule has 22 heavy (non-hydrogen) atoms. The lowest BCUT2D eigenvalue weighted by Crippen LogP contribution is -2.16. The molecule has 0 radical (unpaired) electrons. The highest BCUT2D eigenvalue weighted by Crippen LogP contribution is 2.21. The van der Waals surface area contributed by atoms with Gasteiger partial charge in [-0.05, 0) is 25.0 Å². The zero-order valence-corrected chi connectivity index (χ0v) is 13.6. The third kappa shape index (κ3) is 3.45. The van der Waals surface area contributed by atoms with Crippen molar-refractivity contribution >= 4 is 11.3 Å². The van der Waals surface area contributed by atoms with Crippen molar-refractivity contribution < 1.29 is 0 Å². The van der Waals surface area contributed by atoms with Gasteiger partial charge in [0.2, 0.25) is 4.80 Å². The molecule has 1 aliphatic rings. The largest absolute Gasteiger partial charge is 0.254 e. The van der Waals surface area contributed by atoms with Crippen LogP contribution in [0, 0.1) is 11.3 Å². The monoisotopic (exact) mass is 312 g/mol. The summed E-state index contributed by atoms with van der Waals surface area (Å²) in [5.74, 6) is 0. The van der Waals surface area contributed by atoms with Crippen LogP contribution in [-0.4, -0.2) is 15.8 Å². The van der Waals surface area contributed by atoms with E-state index in [1.807, 2.05) is 36.0 Å². The minimum Gasteiger partial charge on any atom is -0.254 e. The lowest BCUT2D eigenvalue weighted by Gasteiger charge is -2.06. The average molecular weight is 312 g/mol. The van der Waals surface area contributed by atoms with E-state index >= 15 is 0 Å². The molecular formula is C17H20N4S. The van der Waals surface area contributed by atoms with E-state index in [4.69, 9.17) is 10.3 Å². The number of nitrogens with zero attached hydrogens (tertiary/aromatic N) is 4. The van der Waals surface area contributed by atoms with Crippen LogP contribution in [0.25, 0.3) is 10.6 Å². The van der Waals surface area contributed by atoms with Gasteiger partial charge in [0.25, 0.3) is 0 Å². The fourth-order valence-electron chi connectivity index (χ4n) is 2.81. The average Bonchev–Trinajstić information content (AvgIpc) is 2.75. The summed E-state index contributed by atoms with van der Waals surface area (Å²) in [5, 5.41) is 14.4. The zero-order chi connectivity index (χ0) is 15.4. The van der Waals surface area contributed by atoms with Crippen molar-refractivity contribution in [3.63, 3.8) is 0 Å². The first-order valence-corrected chi connectivity index (χ1v) is 8.66. The molecule has 0 unspecified atom stereocenters. The molecule has 0 spiro atoms. The topological polar surface area (TPSA) is 54.0 Å². The molecule has 1 saturated carbocycles. The third-order valence-electron chi connectivity index (χ3n) is 4.08. The van der Waals surface area contributed by atoms with Gasteiger partial charge in [-0.15, -0.1) is 0 Å². The predicted octanol–water partition coefficient (Wildman–Crippen LogP) is 3.64. The van der Waals surface area contributed by atoms with E-state index < -0.39 is 0 Å². The minimum atomic E-state index is 0.447. The number of hydrogen-bond donors (Lipinski definition) is 0. The number of aryl methyl sites for hydroxylation is 1. The van der Waals surface area contributed by atoms with Gasteiger partial charge in [-0.25, -0.2) is 4.68 Å². The summed E-state index contributed by atoms with van der Waals surface area (Å²) in [6.45, 7) is 0. The standard InChI is InChI=1S/C17H20N4S/c1-21-17(19-15-6-4-2-3-5-7-15)22-16(20-21)14-10-8-13(12-18)9-11-14/h8-11,15H,2-7H2,1H3/b19-17+. The summed E-state index contributed by atoms with van der Waals surface area (Å²) in [6, 6.07) is 10.2. The fourth-order valence-corrected chi connectivity index (χ4v) is 3.77. The number of hydrogen-bond acceptors (Lipinski definition) is 4. The van der Waals surface area contributed by atoms with Gasteiger partial charge in [0, 0.05) is 12.6 Å². The van der Waals surface area contributed by atoms with Gasteiger partial charge >= 0.3 is 0 Å². The molecule has 3 rings (SSSR count). The molecule has 2 aromatic rings. The second-order valence-corrected chi connectivity index (χ2v) is 6.73. The Labute approximate surface area is 134 Å². The van der Waals surface area contributed by atoms with E-state index in [9.17, 15) is 0 Å². The molecule has 0 aliphatic heterocycles. The van der Waals surface area contributed by atoms with Crippen LogP contribution in [0.5, 0.6) is 0 Å². The van der Waals surface area contributed by atoms with Crippen molar-refractivity contribution in [1.82, 2.24) is 9.78 Å². The first-order valence-electron chi connectivity index (χ1n) is 7.85. The van der Waals surface area contributed by atoms with Crippen LogP contribution < -0.4 is 4.80 Å². The Morgan fingerprint density at radius 2 is 1.86 bits per heavy atom. The summed E-state index contributed by atoms with van der Waals surface area (Å²) < 4.78 is 1.88. The van der Waals surface area contributed by atoms with Crippen LogP contribution in [-0.2, 0) is 7.05 Å². The van der Waals surface area contributed by atoms with Gasteiger partial charge in [-0.1, -0.05) is 49.2 Å². The second kappa shape index (κ2) is 6.89. The molecule has 0 N–H and O–H groups in total. The molecule has 1 aromatic heterocycles. The summed E-state index contributed by atoms with van der Waals surface area (Å²) in [7, 11) is 1.96. The Bertz CT molecular complexity index is 725. The molecule has 0 atom stereocenters. The van der Waals surface area contributed by atoms with E-state index in [1.54, 1.807) is 11.3 Å². The maximum atomic E-state index is 8.87. The quantitative estimate of drug-likeness (QED) is 0.795. The molecule has 5 heteroatoms. The lowest BCUT2D eigenvalue weighted by atomic mass is 10.1. The highest BCUT2D eigenvalue weighted by molar-refractivity contribution is 7.12. The fraction of sp³-hybridized carbons (Fsp3) is 0.471. The molecule has 1 aromatic carbocycles. The van der Waals surface area contributed by atoms with Gasteiger partial charge < -0.3 is 0 Å². The van der Waals surface area contributed by atoms with Crippen molar-refractivity contribution in [3.05, 3.63) is 34.6 Å². The number of rotatable bonds is 2. The van der Waals surface area contributed by atoms with Crippen molar-refractivity contribution in [3.8, 4) is 16.6 Å². The van der Waals surface area contributed by atoms with Crippen LogP contribution in [0.2, 0.25) is 0 Å². The summed E-state index contributed by atoms with van der Waals surface area (Å²) in [4.78, 5) is 5.92. The normalized spacial score (nSPS) is 17.2. The van der Waals surface area contributed by atoms with Crippen molar-refractivity contribution in [2.75, 3.05) is 0 Å². The Morgan fingerprint density at radius 1 is 1.18 bits per heavy atom.